The van der Waals surface area contributed by atoms with E-state index in [1.54, 1.807) is 12.3 Å². The first-order chi connectivity index (χ1) is 9.19. The minimum absolute atomic E-state index is 0.389. The SMILES string of the molecule is CCNc1ccnc(COc2ccc(Br)cc2Cl)c1. The lowest BCUT2D eigenvalue weighted by Crippen LogP contribution is -2.01. The third kappa shape index (κ3) is 4.11. The summed E-state index contributed by atoms with van der Waals surface area (Å²) in [4.78, 5) is 4.27. The number of pyridine rings is 1. The lowest BCUT2D eigenvalue weighted by atomic mass is 10.3. The largest absolute Gasteiger partial charge is 0.486 e. The van der Waals surface area contributed by atoms with Crippen molar-refractivity contribution in [1.82, 2.24) is 4.98 Å². The summed E-state index contributed by atoms with van der Waals surface area (Å²) in [7, 11) is 0. The summed E-state index contributed by atoms with van der Waals surface area (Å²) in [5, 5.41) is 3.82. The number of rotatable bonds is 5. The van der Waals surface area contributed by atoms with Crippen LogP contribution in [0.1, 0.15) is 12.6 Å². The van der Waals surface area contributed by atoms with Gasteiger partial charge in [0.2, 0.25) is 0 Å². The molecule has 19 heavy (non-hydrogen) atoms. The van der Waals surface area contributed by atoms with Crippen molar-refractivity contribution in [1.29, 1.82) is 0 Å². The van der Waals surface area contributed by atoms with Gasteiger partial charge in [-0.3, -0.25) is 4.98 Å². The number of ether oxygens (including phenoxy) is 1. The number of benzene rings is 1. The topological polar surface area (TPSA) is 34.2 Å². The van der Waals surface area contributed by atoms with Gasteiger partial charge in [0.15, 0.2) is 0 Å². The van der Waals surface area contributed by atoms with E-state index in [0.29, 0.717) is 17.4 Å². The second-order valence-corrected chi connectivity index (χ2v) is 5.25. The summed E-state index contributed by atoms with van der Waals surface area (Å²) in [6.07, 6.45) is 1.76. The van der Waals surface area contributed by atoms with Gasteiger partial charge in [0.1, 0.15) is 12.4 Å². The zero-order valence-electron chi connectivity index (χ0n) is 10.5. The Bertz CT molecular complexity index is 563. The van der Waals surface area contributed by atoms with E-state index in [4.69, 9.17) is 16.3 Å². The van der Waals surface area contributed by atoms with Crippen LogP contribution in [-0.2, 0) is 6.61 Å². The molecule has 2 rings (SSSR count). The van der Waals surface area contributed by atoms with Crippen LogP contribution in [-0.4, -0.2) is 11.5 Å². The summed E-state index contributed by atoms with van der Waals surface area (Å²) in [5.41, 5.74) is 1.90. The third-order valence-corrected chi connectivity index (χ3v) is 3.26. The molecular weight excluding hydrogens is 328 g/mol. The van der Waals surface area contributed by atoms with E-state index in [0.717, 1.165) is 22.4 Å². The number of nitrogens with zero attached hydrogens (tertiary/aromatic N) is 1. The minimum Gasteiger partial charge on any atom is -0.486 e. The Morgan fingerprint density at radius 2 is 2.16 bits per heavy atom. The highest BCUT2D eigenvalue weighted by Crippen LogP contribution is 2.28. The smallest absolute Gasteiger partial charge is 0.138 e. The number of aromatic nitrogens is 1. The van der Waals surface area contributed by atoms with Crippen LogP contribution in [0.15, 0.2) is 41.0 Å². The predicted molar refractivity (Wildman–Crippen MR) is 81.9 cm³/mol. The lowest BCUT2D eigenvalue weighted by Gasteiger charge is -2.09. The predicted octanol–water partition coefficient (Wildman–Crippen LogP) is 4.51. The van der Waals surface area contributed by atoms with Crippen molar-refractivity contribution in [2.45, 2.75) is 13.5 Å². The van der Waals surface area contributed by atoms with E-state index in [1.165, 1.54) is 0 Å². The molecule has 0 radical (unpaired) electrons. The molecule has 100 valence electrons. The van der Waals surface area contributed by atoms with Gasteiger partial charge in [-0.2, -0.15) is 0 Å². The van der Waals surface area contributed by atoms with Crippen molar-refractivity contribution >= 4 is 33.2 Å². The first kappa shape index (κ1) is 14.2. The average molecular weight is 342 g/mol. The van der Waals surface area contributed by atoms with Crippen LogP contribution in [0.4, 0.5) is 5.69 Å². The summed E-state index contributed by atoms with van der Waals surface area (Å²) < 4.78 is 6.60. The molecule has 0 unspecified atom stereocenters. The Kier molecular flexibility index (Phi) is 5.05. The van der Waals surface area contributed by atoms with Gasteiger partial charge in [-0.25, -0.2) is 0 Å². The van der Waals surface area contributed by atoms with Crippen LogP contribution in [0.3, 0.4) is 0 Å². The van der Waals surface area contributed by atoms with Gasteiger partial charge in [-0.05, 0) is 37.3 Å². The molecule has 0 saturated heterocycles. The maximum atomic E-state index is 6.09. The van der Waals surface area contributed by atoms with E-state index in [-0.39, 0.29) is 0 Å². The van der Waals surface area contributed by atoms with Crippen molar-refractivity contribution in [2.24, 2.45) is 0 Å². The van der Waals surface area contributed by atoms with E-state index in [1.807, 2.05) is 24.3 Å². The summed E-state index contributed by atoms with van der Waals surface area (Å²) in [6, 6.07) is 9.43. The van der Waals surface area contributed by atoms with Gasteiger partial charge in [0, 0.05) is 22.9 Å². The van der Waals surface area contributed by atoms with Crippen molar-refractivity contribution < 1.29 is 4.74 Å². The van der Waals surface area contributed by atoms with Gasteiger partial charge in [-0.1, -0.05) is 27.5 Å². The number of nitrogens with one attached hydrogen (secondary N) is 1. The molecule has 0 spiro atoms. The summed E-state index contributed by atoms with van der Waals surface area (Å²) >= 11 is 9.45. The van der Waals surface area contributed by atoms with Crippen LogP contribution < -0.4 is 10.1 Å². The molecule has 0 atom stereocenters. The third-order valence-electron chi connectivity index (χ3n) is 2.47. The first-order valence-corrected chi connectivity index (χ1v) is 7.13. The summed E-state index contributed by atoms with van der Waals surface area (Å²) in [6.45, 7) is 3.32. The normalized spacial score (nSPS) is 10.3. The maximum absolute atomic E-state index is 6.09. The van der Waals surface area contributed by atoms with Crippen LogP contribution in [0.2, 0.25) is 5.02 Å². The quantitative estimate of drug-likeness (QED) is 0.869. The Balaban J connectivity index is 2.03. The molecule has 1 aromatic carbocycles. The monoisotopic (exact) mass is 340 g/mol. The van der Waals surface area contributed by atoms with E-state index >= 15 is 0 Å². The molecule has 0 saturated carbocycles. The molecule has 0 amide bonds. The average Bonchev–Trinajstić information content (AvgIpc) is 2.38. The minimum atomic E-state index is 0.389. The van der Waals surface area contributed by atoms with E-state index < -0.39 is 0 Å². The Hall–Kier alpha value is -1.26. The van der Waals surface area contributed by atoms with Gasteiger partial charge in [0.05, 0.1) is 10.7 Å². The fourth-order valence-corrected chi connectivity index (χ4v) is 2.34. The Labute approximate surface area is 126 Å². The highest BCUT2D eigenvalue weighted by atomic mass is 79.9. The second kappa shape index (κ2) is 6.78. The molecule has 0 bridgehead atoms. The Morgan fingerprint density at radius 1 is 1.32 bits per heavy atom. The van der Waals surface area contributed by atoms with Gasteiger partial charge in [0.25, 0.3) is 0 Å². The van der Waals surface area contributed by atoms with Crippen molar-refractivity contribution in [3.63, 3.8) is 0 Å². The molecule has 0 fully saturated rings. The lowest BCUT2D eigenvalue weighted by molar-refractivity contribution is 0.301. The molecule has 0 aliphatic carbocycles. The van der Waals surface area contributed by atoms with Crippen molar-refractivity contribution in [2.75, 3.05) is 11.9 Å². The standard InChI is InChI=1S/C14H14BrClN2O/c1-2-17-11-5-6-18-12(8-11)9-19-14-4-3-10(15)7-13(14)16/h3-8H,2,9H2,1H3,(H,17,18). The van der Waals surface area contributed by atoms with Gasteiger partial charge < -0.3 is 10.1 Å². The number of halogens is 2. The molecule has 1 aromatic heterocycles. The van der Waals surface area contributed by atoms with Crippen LogP contribution in [0.5, 0.6) is 5.75 Å². The molecule has 0 aliphatic heterocycles. The molecule has 5 heteroatoms. The van der Waals surface area contributed by atoms with E-state index in [2.05, 4.69) is 33.2 Å². The molecule has 2 aromatic rings. The number of hydrogen-bond acceptors (Lipinski definition) is 3. The van der Waals surface area contributed by atoms with Gasteiger partial charge >= 0.3 is 0 Å². The van der Waals surface area contributed by atoms with Crippen LogP contribution in [0, 0.1) is 0 Å². The molecule has 1 heterocycles. The molecule has 3 nitrogen and oxygen atoms in total. The molecule has 1 N–H and O–H groups in total. The molecular formula is C14H14BrClN2O. The zero-order chi connectivity index (χ0) is 13.7. The van der Waals surface area contributed by atoms with Crippen LogP contribution >= 0.6 is 27.5 Å². The molecule has 0 aliphatic rings. The first-order valence-electron chi connectivity index (χ1n) is 5.95. The fraction of sp³-hybridized carbons (Fsp3) is 0.214. The highest BCUT2D eigenvalue weighted by molar-refractivity contribution is 9.10. The highest BCUT2D eigenvalue weighted by Gasteiger charge is 2.03. The second-order valence-electron chi connectivity index (χ2n) is 3.93. The van der Waals surface area contributed by atoms with Gasteiger partial charge in [-0.15, -0.1) is 0 Å². The zero-order valence-corrected chi connectivity index (χ0v) is 12.8. The maximum Gasteiger partial charge on any atom is 0.138 e. The van der Waals surface area contributed by atoms with Crippen LogP contribution in [0.25, 0.3) is 0 Å². The van der Waals surface area contributed by atoms with Crippen molar-refractivity contribution in [3.8, 4) is 5.75 Å². The fourth-order valence-electron chi connectivity index (χ4n) is 1.62. The Morgan fingerprint density at radius 3 is 2.89 bits per heavy atom. The van der Waals surface area contributed by atoms with Crippen molar-refractivity contribution in [3.05, 3.63) is 51.7 Å². The van der Waals surface area contributed by atoms with E-state index in [9.17, 15) is 0 Å². The summed E-state index contributed by atoms with van der Waals surface area (Å²) in [5.74, 6) is 0.653. The number of anilines is 1. The number of hydrogen-bond donors (Lipinski definition) is 1.